The number of nitrogens with zero attached hydrogens (tertiary/aromatic N) is 3. The Balaban J connectivity index is 1.63. The molecule has 3 aromatic rings. The smallest absolute Gasteiger partial charge is 0.226 e. The zero-order valence-electron chi connectivity index (χ0n) is 13.7. The maximum Gasteiger partial charge on any atom is 0.226 e. The molecule has 0 radical (unpaired) electrons. The number of anilines is 1. The van der Waals surface area contributed by atoms with Gasteiger partial charge in [0.25, 0.3) is 0 Å². The molecule has 3 heterocycles. The summed E-state index contributed by atoms with van der Waals surface area (Å²) in [6.45, 7) is 0. The van der Waals surface area contributed by atoms with Crippen molar-refractivity contribution in [2.75, 3.05) is 5.32 Å². The molecule has 7 heteroatoms. The lowest BCUT2D eigenvalue weighted by atomic mass is 9.80. The Morgan fingerprint density at radius 3 is 2.96 bits per heavy atom. The van der Waals surface area contributed by atoms with Crippen molar-refractivity contribution < 1.29 is 4.79 Å². The van der Waals surface area contributed by atoms with Crippen LogP contribution in [0.2, 0.25) is 5.02 Å². The molecular formula is C19H15ClN4OS. The Bertz CT molecular complexity index is 1020. The van der Waals surface area contributed by atoms with Crippen molar-refractivity contribution in [2.24, 2.45) is 0 Å². The summed E-state index contributed by atoms with van der Waals surface area (Å²) < 4.78 is 1.77. The van der Waals surface area contributed by atoms with E-state index in [1.165, 1.54) is 11.2 Å². The third-order valence-corrected chi connectivity index (χ3v) is 6.24. The number of ketones is 1. The Hall–Kier alpha value is -2.44. The Kier molecular flexibility index (Phi) is 3.69. The third-order valence-electron chi connectivity index (χ3n) is 4.97. The highest BCUT2D eigenvalue weighted by Crippen LogP contribution is 2.44. The van der Waals surface area contributed by atoms with Gasteiger partial charge in [-0.1, -0.05) is 29.8 Å². The van der Waals surface area contributed by atoms with Gasteiger partial charge in [-0.25, -0.2) is 4.68 Å². The van der Waals surface area contributed by atoms with Crippen molar-refractivity contribution in [3.63, 3.8) is 0 Å². The minimum atomic E-state index is -0.292. The standard InChI is InChI=1S/C19H15ClN4OS/c20-13-4-1-3-11(7-13)18-17-14(23-19-21-10-22-24(18)19)8-12(9-15(17)25)16-5-2-6-26-16/h1-7,10,12,18H,8-9H2,(H,21,22,23)/t12-,18+/m1/s1. The summed E-state index contributed by atoms with van der Waals surface area (Å²) in [5.74, 6) is 1.03. The Morgan fingerprint density at radius 1 is 1.23 bits per heavy atom. The molecule has 26 heavy (non-hydrogen) atoms. The van der Waals surface area contributed by atoms with Gasteiger partial charge in [0.1, 0.15) is 12.4 Å². The van der Waals surface area contributed by atoms with Crippen LogP contribution in [0.15, 0.2) is 59.4 Å². The van der Waals surface area contributed by atoms with Crippen LogP contribution >= 0.6 is 22.9 Å². The first-order chi connectivity index (χ1) is 12.7. The van der Waals surface area contributed by atoms with E-state index in [4.69, 9.17) is 11.6 Å². The molecule has 2 aromatic heterocycles. The molecule has 0 spiro atoms. The normalized spacial score (nSPS) is 22.0. The fourth-order valence-electron chi connectivity index (χ4n) is 3.86. The quantitative estimate of drug-likeness (QED) is 0.713. The van der Waals surface area contributed by atoms with Gasteiger partial charge in [-0.2, -0.15) is 10.1 Å². The molecule has 1 N–H and O–H groups in total. The van der Waals surface area contributed by atoms with E-state index in [2.05, 4.69) is 26.8 Å². The lowest BCUT2D eigenvalue weighted by Gasteiger charge is -2.34. The van der Waals surface area contributed by atoms with Crippen molar-refractivity contribution in [3.05, 3.63) is 74.8 Å². The summed E-state index contributed by atoms with van der Waals surface area (Å²) in [5.41, 5.74) is 2.67. The molecule has 2 aliphatic rings. The van der Waals surface area contributed by atoms with E-state index >= 15 is 0 Å². The van der Waals surface area contributed by atoms with Gasteiger partial charge >= 0.3 is 0 Å². The van der Waals surface area contributed by atoms with Crippen molar-refractivity contribution in [2.45, 2.75) is 24.8 Å². The number of carbonyl (C=O) groups excluding carboxylic acids is 1. The molecule has 1 aromatic carbocycles. The van der Waals surface area contributed by atoms with Gasteiger partial charge in [0.2, 0.25) is 5.95 Å². The maximum absolute atomic E-state index is 13.1. The number of rotatable bonds is 2. The number of fused-ring (bicyclic) bond motifs is 1. The average molecular weight is 383 g/mol. The second-order valence-electron chi connectivity index (χ2n) is 6.55. The van der Waals surface area contributed by atoms with Crippen LogP contribution in [0.3, 0.4) is 0 Å². The second kappa shape index (κ2) is 6.07. The summed E-state index contributed by atoms with van der Waals surface area (Å²) in [7, 11) is 0. The highest BCUT2D eigenvalue weighted by molar-refractivity contribution is 7.10. The van der Waals surface area contributed by atoms with Crippen LogP contribution in [0.4, 0.5) is 5.95 Å². The van der Waals surface area contributed by atoms with Crippen molar-refractivity contribution >= 4 is 34.7 Å². The van der Waals surface area contributed by atoms with E-state index in [9.17, 15) is 4.79 Å². The van der Waals surface area contributed by atoms with Crippen molar-refractivity contribution in [3.8, 4) is 0 Å². The van der Waals surface area contributed by atoms with Crippen molar-refractivity contribution in [1.82, 2.24) is 14.8 Å². The number of Topliss-reactive ketones (excluding diaryl/α,β-unsaturated/α-hetero) is 1. The topological polar surface area (TPSA) is 59.8 Å². The number of hydrogen-bond acceptors (Lipinski definition) is 5. The summed E-state index contributed by atoms with van der Waals surface area (Å²) >= 11 is 7.91. The molecule has 0 bridgehead atoms. The van der Waals surface area contributed by atoms with E-state index < -0.39 is 0 Å². The molecule has 0 amide bonds. The number of nitrogens with one attached hydrogen (secondary N) is 1. The van der Waals surface area contributed by atoms with Gasteiger partial charge in [-0.15, -0.1) is 11.3 Å². The molecule has 1 aliphatic heterocycles. The van der Waals surface area contributed by atoms with Gasteiger partial charge in [-0.3, -0.25) is 4.79 Å². The second-order valence-corrected chi connectivity index (χ2v) is 7.96. The van der Waals surface area contributed by atoms with Gasteiger partial charge in [0, 0.05) is 33.5 Å². The molecule has 5 nitrogen and oxygen atoms in total. The minimum absolute atomic E-state index is 0.156. The lowest BCUT2D eigenvalue weighted by molar-refractivity contribution is -0.116. The zero-order chi connectivity index (χ0) is 17.7. The maximum atomic E-state index is 13.1. The predicted octanol–water partition coefficient (Wildman–Crippen LogP) is 4.41. The summed E-state index contributed by atoms with van der Waals surface area (Å²) in [4.78, 5) is 18.7. The highest BCUT2D eigenvalue weighted by atomic mass is 35.5. The predicted molar refractivity (Wildman–Crippen MR) is 102 cm³/mol. The number of thiophene rings is 1. The van der Waals surface area contributed by atoms with Crippen LogP contribution in [0.5, 0.6) is 0 Å². The molecule has 0 saturated heterocycles. The fraction of sp³-hybridized carbons (Fsp3) is 0.211. The number of carbonyl (C=O) groups is 1. The first-order valence-electron chi connectivity index (χ1n) is 8.42. The van der Waals surface area contributed by atoms with Crippen molar-refractivity contribution in [1.29, 1.82) is 0 Å². The Morgan fingerprint density at radius 2 is 2.15 bits per heavy atom. The van der Waals surface area contributed by atoms with Crippen LogP contribution in [0.1, 0.15) is 35.2 Å². The fourth-order valence-corrected chi connectivity index (χ4v) is 4.89. The first-order valence-corrected chi connectivity index (χ1v) is 9.68. The van der Waals surface area contributed by atoms with Gasteiger partial charge < -0.3 is 5.32 Å². The molecular weight excluding hydrogens is 368 g/mol. The largest absolute Gasteiger partial charge is 0.328 e. The van der Waals surface area contributed by atoms with E-state index in [0.717, 1.165) is 23.3 Å². The van der Waals surface area contributed by atoms with E-state index in [0.29, 0.717) is 17.4 Å². The van der Waals surface area contributed by atoms with E-state index in [1.807, 2.05) is 30.3 Å². The molecule has 1 aliphatic carbocycles. The molecule has 130 valence electrons. The number of hydrogen-bond donors (Lipinski definition) is 1. The molecule has 5 rings (SSSR count). The van der Waals surface area contributed by atoms with E-state index in [1.54, 1.807) is 16.0 Å². The summed E-state index contributed by atoms with van der Waals surface area (Å²) in [6, 6.07) is 11.5. The number of allylic oxidation sites excluding steroid dienone is 2. The van der Waals surface area contributed by atoms with Gasteiger partial charge in [-0.05, 0) is 35.6 Å². The third kappa shape index (κ3) is 2.48. The highest BCUT2D eigenvalue weighted by Gasteiger charge is 2.39. The van der Waals surface area contributed by atoms with Gasteiger partial charge in [0.15, 0.2) is 5.78 Å². The average Bonchev–Trinajstić information content (AvgIpc) is 3.31. The lowest BCUT2D eigenvalue weighted by Crippen LogP contribution is -2.33. The van der Waals surface area contributed by atoms with E-state index in [-0.39, 0.29) is 17.7 Å². The number of benzene rings is 1. The summed E-state index contributed by atoms with van der Waals surface area (Å²) in [5, 5.41) is 10.4. The Labute approximate surface area is 159 Å². The molecule has 0 fully saturated rings. The SMILES string of the molecule is O=C1C[C@H](c2cccs2)CC2=C1[C@H](c1cccc(Cl)c1)n1ncnc1N2. The first kappa shape index (κ1) is 15.8. The molecule has 0 saturated carbocycles. The van der Waals surface area contributed by atoms with Crippen LogP contribution in [0, 0.1) is 0 Å². The van der Waals surface area contributed by atoms with Crippen LogP contribution in [0.25, 0.3) is 0 Å². The van der Waals surface area contributed by atoms with Crippen LogP contribution in [-0.2, 0) is 4.79 Å². The zero-order valence-corrected chi connectivity index (χ0v) is 15.3. The van der Waals surface area contributed by atoms with Gasteiger partial charge in [0.05, 0.1) is 0 Å². The molecule has 2 atom stereocenters. The number of aromatic nitrogens is 3. The van der Waals surface area contributed by atoms with Crippen LogP contribution < -0.4 is 5.32 Å². The molecule has 0 unspecified atom stereocenters. The monoisotopic (exact) mass is 382 g/mol. The van der Waals surface area contributed by atoms with Crippen LogP contribution in [-0.4, -0.2) is 20.5 Å². The summed E-state index contributed by atoms with van der Waals surface area (Å²) in [6.07, 6.45) is 2.83. The minimum Gasteiger partial charge on any atom is -0.328 e. The number of halogens is 1.